The van der Waals surface area contributed by atoms with Crippen LogP contribution in [0.2, 0.25) is 0 Å². The van der Waals surface area contributed by atoms with Crippen LogP contribution in [0.25, 0.3) is 0 Å². The number of benzene rings is 2. The van der Waals surface area contributed by atoms with E-state index in [1.54, 1.807) is 13.0 Å². The van der Waals surface area contributed by atoms with Gasteiger partial charge in [-0.1, -0.05) is 12.1 Å². The van der Waals surface area contributed by atoms with Gasteiger partial charge in [-0.25, -0.2) is 13.2 Å². The summed E-state index contributed by atoms with van der Waals surface area (Å²) in [7, 11) is 0. The monoisotopic (exact) mass is 294 g/mol. The molecule has 2 aromatic rings. The molecule has 2 N–H and O–H groups in total. The zero-order valence-electron chi connectivity index (χ0n) is 11.2. The van der Waals surface area contributed by atoms with E-state index in [0.717, 1.165) is 17.0 Å². The van der Waals surface area contributed by atoms with Crippen molar-refractivity contribution in [3.05, 3.63) is 59.4 Å². The van der Waals surface area contributed by atoms with Crippen molar-refractivity contribution in [3.8, 4) is 0 Å². The molecule has 110 valence electrons. The predicted molar refractivity (Wildman–Crippen MR) is 74.5 cm³/mol. The lowest BCUT2D eigenvalue weighted by atomic mass is 10.1. The molecular formula is C15H13F3N2O. The van der Waals surface area contributed by atoms with Crippen LogP contribution in [0.4, 0.5) is 24.5 Å². The van der Waals surface area contributed by atoms with Gasteiger partial charge in [0, 0.05) is 18.3 Å². The van der Waals surface area contributed by atoms with Crippen molar-refractivity contribution in [2.45, 2.75) is 6.92 Å². The first kappa shape index (κ1) is 14.9. The quantitative estimate of drug-likeness (QED) is 0.882. The number of hydrogen-bond acceptors (Lipinski definition) is 2. The summed E-state index contributed by atoms with van der Waals surface area (Å²) >= 11 is 0. The third kappa shape index (κ3) is 2.84. The molecule has 0 fully saturated rings. The predicted octanol–water partition coefficient (Wildman–Crippen LogP) is 3.35. The van der Waals surface area contributed by atoms with Gasteiger partial charge in [-0.3, -0.25) is 4.79 Å². The highest BCUT2D eigenvalue weighted by atomic mass is 19.2. The Hall–Kier alpha value is -2.50. The number of anilines is 2. The SMILES string of the molecule is CCN(C(=O)c1cc(F)c(F)cc1N)c1ccccc1F. The fourth-order valence-corrected chi connectivity index (χ4v) is 1.99. The summed E-state index contributed by atoms with van der Waals surface area (Å²) in [5, 5.41) is 0. The third-order valence-corrected chi connectivity index (χ3v) is 3.03. The molecular weight excluding hydrogens is 281 g/mol. The van der Waals surface area contributed by atoms with E-state index in [9.17, 15) is 18.0 Å². The molecule has 21 heavy (non-hydrogen) atoms. The van der Waals surface area contributed by atoms with Gasteiger partial charge in [0.25, 0.3) is 5.91 Å². The van der Waals surface area contributed by atoms with E-state index in [1.165, 1.54) is 18.2 Å². The molecule has 1 amide bonds. The molecule has 0 atom stereocenters. The van der Waals surface area contributed by atoms with Crippen molar-refractivity contribution in [2.24, 2.45) is 0 Å². The molecule has 0 saturated heterocycles. The normalized spacial score (nSPS) is 10.5. The number of nitrogens with two attached hydrogens (primary N) is 1. The van der Waals surface area contributed by atoms with E-state index in [0.29, 0.717) is 0 Å². The van der Waals surface area contributed by atoms with E-state index >= 15 is 0 Å². The molecule has 2 aromatic carbocycles. The van der Waals surface area contributed by atoms with Crippen LogP contribution in [0.15, 0.2) is 36.4 Å². The van der Waals surface area contributed by atoms with Crippen molar-refractivity contribution >= 4 is 17.3 Å². The fraction of sp³-hybridized carbons (Fsp3) is 0.133. The minimum absolute atomic E-state index is 0.0501. The van der Waals surface area contributed by atoms with Crippen molar-refractivity contribution in [1.29, 1.82) is 0 Å². The number of para-hydroxylation sites is 1. The van der Waals surface area contributed by atoms with Gasteiger partial charge >= 0.3 is 0 Å². The van der Waals surface area contributed by atoms with Crippen LogP contribution in [0.1, 0.15) is 17.3 Å². The van der Waals surface area contributed by atoms with Crippen molar-refractivity contribution in [1.82, 2.24) is 0 Å². The van der Waals surface area contributed by atoms with Crippen LogP contribution >= 0.6 is 0 Å². The summed E-state index contributed by atoms with van der Waals surface area (Å²) in [6.45, 7) is 1.79. The topological polar surface area (TPSA) is 46.3 Å². The highest BCUT2D eigenvalue weighted by Crippen LogP contribution is 2.24. The van der Waals surface area contributed by atoms with Gasteiger partial charge in [0.15, 0.2) is 11.6 Å². The molecule has 0 aromatic heterocycles. The molecule has 0 saturated carbocycles. The number of hydrogen-bond donors (Lipinski definition) is 1. The summed E-state index contributed by atoms with van der Waals surface area (Å²) in [5.41, 5.74) is 5.19. The van der Waals surface area contributed by atoms with Gasteiger partial charge in [-0.05, 0) is 25.1 Å². The number of nitrogens with zero attached hydrogens (tertiary/aromatic N) is 1. The molecule has 3 nitrogen and oxygen atoms in total. The lowest BCUT2D eigenvalue weighted by Crippen LogP contribution is -2.32. The number of rotatable bonds is 3. The van der Waals surface area contributed by atoms with Crippen LogP contribution in [-0.4, -0.2) is 12.5 Å². The average molecular weight is 294 g/mol. The molecule has 0 heterocycles. The van der Waals surface area contributed by atoms with Crippen LogP contribution in [0.3, 0.4) is 0 Å². The standard InChI is InChI=1S/C15H13F3N2O/c1-2-20(14-6-4-3-5-10(14)16)15(21)9-7-11(17)12(18)8-13(9)19/h3-8H,2,19H2,1H3. The van der Waals surface area contributed by atoms with E-state index in [4.69, 9.17) is 5.73 Å². The van der Waals surface area contributed by atoms with Gasteiger partial charge in [0.1, 0.15) is 5.82 Å². The van der Waals surface area contributed by atoms with Gasteiger partial charge in [0.05, 0.1) is 11.3 Å². The van der Waals surface area contributed by atoms with Gasteiger partial charge in [0.2, 0.25) is 0 Å². The Morgan fingerprint density at radius 3 is 2.33 bits per heavy atom. The van der Waals surface area contributed by atoms with Crippen LogP contribution in [0, 0.1) is 17.5 Å². The highest BCUT2D eigenvalue weighted by molar-refractivity contribution is 6.09. The Balaban J connectivity index is 2.47. The summed E-state index contributed by atoms with van der Waals surface area (Å²) in [5.74, 6) is -3.61. The average Bonchev–Trinajstić information content (AvgIpc) is 2.45. The molecule has 0 radical (unpaired) electrons. The maximum atomic E-state index is 13.8. The molecule has 0 aliphatic rings. The second kappa shape index (κ2) is 5.87. The number of halogens is 3. The second-order valence-electron chi connectivity index (χ2n) is 4.35. The van der Waals surface area contributed by atoms with E-state index in [2.05, 4.69) is 0 Å². The number of amides is 1. The van der Waals surface area contributed by atoms with Crippen molar-refractivity contribution < 1.29 is 18.0 Å². The first-order chi connectivity index (χ1) is 9.95. The lowest BCUT2D eigenvalue weighted by Gasteiger charge is -2.22. The van der Waals surface area contributed by atoms with E-state index < -0.39 is 23.4 Å². The summed E-state index contributed by atoms with van der Waals surface area (Å²) in [6.07, 6.45) is 0. The molecule has 0 aliphatic heterocycles. The minimum atomic E-state index is -1.18. The zero-order valence-corrected chi connectivity index (χ0v) is 11.2. The highest BCUT2D eigenvalue weighted by Gasteiger charge is 2.22. The maximum Gasteiger partial charge on any atom is 0.260 e. The number of nitrogen functional groups attached to an aromatic ring is 1. The third-order valence-electron chi connectivity index (χ3n) is 3.03. The molecule has 0 unspecified atom stereocenters. The largest absolute Gasteiger partial charge is 0.398 e. The number of carbonyl (C=O) groups is 1. The van der Waals surface area contributed by atoms with Crippen LogP contribution in [0.5, 0.6) is 0 Å². The smallest absolute Gasteiger partial charge is 0.260 e. The molecule has 2 rings (SSSR count). The summed E-state index contributed by atoms with van der Waals surface area (Å²) in [4.78, 5) is 13.5. The maximum absolute atomic E-state index is 13.8. The molecule has 0 spiro atoms. The van der Waals surface area contributed by atoms with Crippen LogP contribution < -0.4 is 10.6 Å². The Kier molecular flexibility index (Phi) is 4.16. The Morgan fingerprint density at radius 2 is 1.71 bits per heavy atom. The van der Waals surface area contributed by atoms with Crippen LogP contribution in [-0.2, 0) is 0 Å². The molecule has 0 bridgehead atoms. The number of carbonyl (C=O) groups excluding carboxylic acids is 1. The molecule has 0 aliphatic carbocycles. The first-order valence-electron chi connectivity index (χ1n) is 6.26. The Bertz CT molecular complexity index is 689. The Morgan fingerprint density at radius 1 is 1.10 bits per heavy atom. The summed E-state index contributed by atoms with van der Waals surface area (Å²) < 4.78 is 40.1. The van der Waals surface area contributed by atoms with Crippen molar-refractivity contribution in [2.75, 3.05) is 17.2 Å². The van der Waals surface area contributed by atoms with E-state index in [-0.39, 0.29) is 23.5 Å². The zero-order chi connectivity index (χ0) is 15.6. The Labute approximate surface area is 119 Å². The van der Waals surface area contributed by atoms with Crippen molar-refractivity contribution in [3.63, 3.8) is 0 Å². The summed E-state index contributed by atoms with van der Waals surface area (Å²) in [6, 6.07) is 7.15. The molecule has 6 heteroatoms. The van der Waals surface area contributed by atoms with Gasteiger partial charge in [-0.15, -0.1) is 0 Å². The minimum Gasteiger partial charge on any atom is -0.398 e. The lowest BCUT2D eigenvalue weighted by molar-refractivity contribution is 0.0988. The van der Waals surface area contributed by atoms with E-state index in [1.807, 2.05) is 0 Å². The fourth-order valence-electron chi connectivity index (χ4n) is 1.99. The van der Waals surface area contributed by atoms with Gasteiger partial charge in [-0.2, -0.15) is 0 Å². The van der Waals surface area contributed by atoms with Gasteiger partial charge < -0.3 is 10.6 Å². The first-order valence-corrected chi connectivity index (χ1v) is 6.26. The second-order valence-corrected chi connectivity index (χ2v) is 4.35.